The summed E-state index contributed by atoms with van der Waals surface area (Å²) < 4.78 is 14.5. The van der Waals surface area contributed by atoms with Gasteiger partial charge in [-0.2, -0.15) is 5.10 Å². The van der Waals surface area contributed by atoms with Gasteiger partial charge >= 0.3 is 0 Å². The molecule has 1 amide bonds. The Balaban J connectivity index is 1.84. The molecule has 0 saturated carbocycles. The van der Waals surface area contributed by atoms with Crippen LogP contribution in [-0.2, 0) is 0 Å². The van der Waals surface area contributed by atoms with Crippen LogP contribution in [-0.4, -0.2) is 56.3 Å². The standard InChI is InChI=1S/C22H26FN5O2/c1-4-13-11-28(14(5-2)10-24-13)22(30)17-9-19(16-7-6-15(29)8-18(16)23)25-21-20(17)12(3)26-27-21/h6-9,13-14,24,29H,4-5,10-11H2,1-3H3,(H,25,26,27). The number of phenolic OH excluding ortho intramolecular Hbond substituents is 1. The number of rotatable bonds is 4. The predicted octanol–water partition coefficient (Wildman–Crippen LogP) is 3.38. The summed E-state index contributed by atoms with van der Waals surface area (Å²) in [5, 5.41) is 20.8. The van der Waals surface area contributed by atoms with E-state index in [0.717, 1.165) is 25.5 Å². The average molecular weight is 411 g/mol. The number of H-pyrrole nitrogens is 1. The number of aromatic hydroxyl groups is 1. The number of amides is 1. The Bertz CT molecular complexity index is 1100. The van der Waals surface area contributed by atoms with E-state index in [9.17, 15) is 14.3 Å². The van der Waals surface area contributed by atoms with E-state index in [0.29, 0.717) is 34.5 Å². The van der Waals surface area contributed by atoms with Gasteiger partial charge in [0.1, 0.15) is 11.6 Å². The largest absolute Gasteiger partial charge is 0.508 e. The Morgan fingerprint density at radius 1 is 1.30 bits per heavy atom. The SMILES string of the molecule is CCC1CN(C(=O)c2cc(-c3ccc(O)cc3F)nc3[nH]nc(C)c23)C(CC)CN1. The van der Waals surface area contributed by atoms with Crippen molar-refractivity contribution in [3.8, 4) is 17.0 Å². The molecule has 2 aromatic heterocycles. The van der Waals surface area contributed by atoms with Gasteiger partial charge in [0.15, 0.2) is 5.65 Å². The van der Waals surface area contributed by atoms with E-state index >= 15 is 0 Å². The number of pyridine rings is 1. The fourth-order valence-electron chi connectivity index (χ4n) is 4.11. The highest BCUT2D eigenvalue weighted by Crippen LogP contribution is 2.30. The first-order valence-corrected chi connectivity index (χ1v) is 10.3. The van der Waals surface area contributed by atoms with Crippen molar-refractivity contribution < 1.29 is 14.3 Å². The van der Waals surface area contributed by atoms with Crippen LogP contribution < -0.4 is 5.32 Å². The fourth-order valence-corrected chi connectivity index (χ4v) is 4.11. The van der Waals surface area contributed by atoms with Crippen LogP contribution in [0.3, 0.4) is 0 Å². The zero-order chi connectivity index (χ0) is 21.4. The van der Waals surface area contributed by atoms with Crippen molar-refractivity contribution in [2.45, 2.75) is 45.7 Å². The number of aryl methyl sites for hydroxylation is 1. The summed E-state index contributed by atoms with van der Waals surface area (Å²) in [6.07, 6.45) is 1.77. The minimum atomic E-state index is -0.601. The van der Waals surface area contributed by atoms with Gasteiger partial charge < -0.3 is 15.3 Å². The number of aromatic nitrogens is 3. The van der Waals surface area contributed by atoms with Crippen molar-refractivity contribution in [2.75, 3.05) is 13.1 Å². The zero-order valence-electron chi connectivity index (χ0n) is 17.4. The van der Waals surface area contributed by atoms with Gasteiger partial charge in [-0.05, 0) is 38.0 Å². The smallest absolute Gasteiger partial charge is 0.255 e. The highest BCUT2D eigenvalue weighted by atomic mass is 19.1. The number of benzene rings is 1. The lowest BCUT2D eigenvalue weighted by molar-refractivity contribution is 0.0578. The lowest BCUT2D eigenvalue weighted by Crippen LogP contribution is -2.57. The number of carbonyl (C=O) groups excluding carboxylic acids is 1. The van der Waals surface area contributed by atoms with Gasteiger partial charge in [-0.1, -0.05) is 13.8 Å². The molecule has 0 aliphatic carbocycles. The number of aromatic amines is 1. The highest BCUT2D eigenvalue weighted by molar-refractivity contribution is 6.07. The summed E-state index contributed by atoms with van der Waals surface area (Å²) in [6, 6.07) is 5.87. The van der Waals surface area contributed by atoms with Crippen LogP contribution in [0.25, 0.3) is 22.3 Å². The Labute approximate surface area is 174 Å². The van der Waals surface area contributed by atoms with Gasteiger partial charge in [0.05, 0.1) is 22.3 Å². The van der Waals surface area contributed by atoms with E-state index in [-0.39, 0.29) is 29.3 Å². The normalized spacial score (nSPS) is 19.4. The number of fused-ring (bicyclic) bond motifs is 1. The molecule has 158 valence electrons. The molecule has 4 rings (SSSR count). The van der Waals surface area contributed by atoms with Crippen LogP contribution >= 0.6 is 0 Å². The quantitative estimate of drug-likeness (QED) is 0.612. The van der Waals surface area contributed by atoms with E-state index in [1.54, 1.807) is 6.07 Å². The number of nitrogens with one attached hydrogen (secondary N) is 2. The number of hydrogen-bond acceptors (Lipinski definition) is 5. The molecule has 2 unspecified atom stereocenters. The number of nitrogens with zero attached hydrogens (tertiary/aromatic N) is 3. The van der Waals surface area contributed by atoms with Gasteiger partial charge in [-0.25, -0.2) is 9.37 Å². The summed E-state index contributed by atoms with van der Waals surface area (Å²) >= 11 is 0. The van der Waals surface area contributed by atoms with Crippen molar-refractivity contribution in [1.82, 2.24) is 25.4 Å². The van der Waals surface area contributed by atoms with Crippen molar-refractivity contribution >= 4 is 16.9 Å². The minimum absolute atomic E-state index is 0.0876. The lowest BCUT2D eigenvalue weighted by atomic mass is 10.0. The Morgan fingerprint density at radius 3 is 2.80 bits per heavy atom. The molecule has 8 heteroatoms. The monoisotopic (exact) mass is 411 g/mol. The van der Waals surface area contributed by atoms with Crippen molar-refractivity contribution in [3.63, 3.8) is 0 Å². The first kappa shape index (κ1) is 20.3. The molecule has 3 N–H and O–H groups in total. The molecule has 30 heavy (non-hydrogen) atoms. The third-order valence-electron chi connectivity index (χ3n) is 5.89. The van der Waals surface area contributed by atoms with Crippen LogP contribution in [0.15, 0.2) is 24.3 Å². The molecule has 1 fully saturated rings. The first-order valence-electron chi connectivity index (χ1n) is 10.3. The molecule has 1 aliphatic rings. The Kier molecular flexibility index (Phi) is 5.42. The summed E-state index contributed by atoms with van der Waals surface area (Å²) in [4.78, 5) is 20.1. The maximum atomic E-state index is 14.5. The first-order chi connectivity index (χ1) is 14.4. The molecule has 3 heterocycles. The molecule has 1 aliphatic heterocycles. The molecule has 0 spiro atoms. The van der Waals surface area contributed by atoms with E-state index < -0.39 is 5.82 Å². The van der Waals surface area contributed by atoms with Crippen LogP contribution in [0, 0.1) is 12.7 Å². The van der Waals surface area contributed by atoms with E-state index in [1.807, 2.05) is 11.8 Å². The third kappa shape index (κ3) is 3.52. The molecule has 0 bridgehead atoms. The number of carbonyl (C=O) groups is 1. The van der Waals surface area contributed by atoms with E-state index in [1.165, 1.54) is 12.1 Å². The topological polar surface area (TPSA) is 94.1 Å². The molecule has 1 aromatic carbocycles. The summed E-state index contributed by atoms with van der Waals surface area (Å²) in [5.74, 6) is -0.862. The molecule has 0 radical (unpaired) electrons. The van der Waals surface area contributed by atoms with Gasteiger partial charge in [0.2, 0.25) is 0 Å². The van der Waals surface area contributed by atoms with E-state index in [2.05, 4.69) is 34.3 Å². The number of halogens is 1. The second kappa shape index (κ2) is 8.02. The third-order valence-corrected chi connectivity index (χ3v) is 5.89. The molecule has 3 aromatic rings. The number of hydrogen-bond donors (Lipinski definition) is 3. The average Bonchev–Trinajstić information content (AvgIpc) is 3.12. The minimum Gasteiger partial charge on any atom is -0.508 e. The maximum Gasteiger partial charge on any atom is 0.255 e. The predicted molar refractivity (Wildman–Crippen MR) is 113 cm³/mol. The fraction of sp³-hybridized carbons (Fsp3) is 0.409. The van der Waals surface area contributed by atoms with Gasteiger partial charge in [0, 0.05) is 36.8 Å². The van der Waals surface area contributed by atoms with Gasteiger partial charge in [-0.3, -0.25) is 9.89 Å². The highest BCUT2D eigenvalue weighted by Gasteiger charge is 2.32. The molecular formula is C22H26FN5O2. The zero-order valence-corrected chi connectivity index (χ0v) is 17.4. The molecule has 7 nitrogen and oxygen atoms in total. The van der Waals surface area contributed by atoms with Crippen LogP contribution in [0.4, 0.5) is 4.39 Å². The van der Waals surface area contributed by atoms with Crippen LogP contribution in [0.1, 0.15) is 42.7 Å². The van der Waals surface area contributed by atoms with Crippen LogP contribution in [0.2, 0.25) is 0 Å². The van der Waals surface area contributed by atoms with Gasteiger partial charge in [0.25, 0.3) is 5.91 Å². The summed E-state index contributed by atoms with van der Waals surface area (Å²) in [6.45, 7) is 7.36. The lowest BCUT2D eigenvalue weighted by Gasteiger charge is -2.40. The molecular weight excluding hydrogens is 385 g/mol. The van der Waals surface area contributed by atoms with E-state index in [4.69, 9.17) is 0 Å². The van der Waals surface area contributed by atoms with Crippen molar-refractivity contribution in [3.05, 3.63) is 41.3 Å². The number of phenols is 1. The number of piperazine rings is 1. The maximum absolute atomic E-state index is 14.5. The second-order valence-corrected chi connectivity index (χ2v) is 7.78. The molecule has 1 saturated heterocycles. The van der Waals surface area contributed by atoms with Crippen molar-refractivity contribution in [2.24, 2.45) is 0 Å². The van der Waals surface area contributed by atoms with Crippen LogP contribution in [0.5, 0.6) is 5.75 Å². The summed E-state index contributed by atoms with van der Waals surface area (Å²) in [7, 11) is 0. The van der Waals surface area contributed by atoms with Crippen molar-refractivity contribution in [1.29, 1.82) is 0 Å². The second-order valence-electron chi connectivity index (χ2n) is 7.78. The van der Waals surface area contributed by atoms with Gasteiger partial charge in [-0.15, -0.1) is 0 Å². The molecule has 2 atom stereocenters. The summed E-state index contributed by atoms with van der Waals surface area (Å²) in [5.41, 5.74) is 2.12. The Morgan fingerprint density at radius 2 is 2.10 bits per heavy atom. The Hall–Kier alpha value is -3.00.